The van der Waals surface area contributed by atoms with Crippen LogP contribution in [0, 0.1) is 0 Å². The van der Waals surface area contributed by atoms with Crippen molar-refractivity contribution in [1.29, 1.82) is 0 Å². The molecule has 0 saturated heterocycles. The van der Waals surface area contributed by atoms with Crippen molar-refractivity contribution in [3.63, 3.8) is 0 Å². The molecule has 0 heterocycles. The standard InChI is InChI=1S/C28H24NO2P.ClH/c1-22(30)29-28(27(31)23-14-6-2-7-15-23)32(24-16-8-3-9-17-24,25-18-10-4-11-19-25)26-20-12-5-13-21-26;/h2-21,28H,1H3;1H. The average Bonchev–Trinajstić information content (AvgIpc) is 2.86. The summed E-state index contributed by atoms with van der Waals surface area (Å²) in [6.45, 7) is 1.47. The molecule has 4 aromatic rings. The maximum Gasteiger partial charge on any atom is 0.224 e. The Labute approximate surface area is 201 Å². The van der Waals surface area contributed by atoms with E-state index < -0.39 is 13.0 Å². The fourth-order valence-corrected chi connectivity index (χ4v) is 8.77. The number of halogens is 1. The van der Waals surface area contributed by atoms with Crippen molar-refractivity contribution >= 4 is 34.9 Å². The van der Waals surface area contributed by atoms with Gasteiger partial charge in [-0.1, -0.05) is 84.9 Å². The molecule has 0 bridgehead atoms. The van der Waals surface area contributed by atoms with Gasteiger partial charge in [0.25, 0.3) is 0 Å². The Hall–Kier alpha value is -3.26. The van der Waals surface area contributed by atoms with Crippen molar-refractivity contribution in [3.8, 4) is 0 Å². The van der Waals surface area contributed by atoms with E-state index in [0.717, 1.165) is 15.9 Å². The summed E-state index contributed by atoms with van der Waals surface area (Å²) in [6, 6.07) is 39.5. The molecule has 5 heteroatoms. The Morgan fingerprint density at radius 1 is 0.606 bits per heavy atom. The number of nitrogens with one attached hydrogen (secondary N) is 1. The molecule has 0 aliphatic rings. The first-order chi connectivity index (χ1) is 15.6. The molecule has 0 fully saturated rings. The topological polar surface area (TPSA) is 46.2 Å². The van der Waals surface area contributed by atoms with Gasteiger partial charge in [-0.3, -0.25) is 9.59 Å². The highest BCUT2D eigenvalue weighted by Gasteiger charge is 2.56. The summed E-state index contributed by atoms with van der Waals surface area (Å²) < 4.78 is 0. The lowest BCUT2D eigenvalue weighted by atomic mass is 10.1. The molecule has 4 aromatic carbocycles. The van der Waals surface area contributed by atoms with Crippen LogP contribution in [0.4, 0.5) is 0 Å². The van der Waals surface area contributed by atoms with E-state index >= 15 is 0 Å². The minimum atomic E-state index is -2.62. The third-order valence-electron chi connectivity index (χ3n) is 5.52. The molecule has 33 heavy (non-hydrogen) atoms. The normalized spacial score (nSPS) is 11.7. The second-order valence-electron chi connectivity index (χ2n) is 7.56. The summed E-state index contributed by atoms with van der Waals surface area (Å²) >= 11 is 0. The quantitative estimate of drug-likeness (QED) is 0.325. The first-order valence-electron chi connectivity index (χ1n) is 10.6. The van der Waals surface area contributed by atoms with Gasteiger partial charge in [-0.05, 0) is 36.4 Å². The van der Waals surface area contributed by atoms with E-state index in [1.54, 1.807) is 0 Å². The van der Waals surface area contributed by atoms with Gasteiger partial charge < -0.3 is 17.7 Å². The molecule has 1 unspecified atom stereocenters. The van der Waals surface area contributed by atoms with Crippen molar-refractivity contribution in [2.45, 2.75) is 12.7 Å². The van der Waals surface area contributed by atoms with Gasteiger partial charge >= 0.3 is 0 Å². The predicted octanol–water partition coefficient (Wildman–Crippen LogP) is 1.33. The minimum Gasteiger partial charge on any atom is -1.00 e. The summed E-state index contributed by atoms with van der Waals surface area (Å²) in [5.74, 6) is -1.06. The summed E-state index contributed by atoms with van der Waals surface area (Å²) in [7, 11) is -2.62. The van der Waals surface area contributed by atoms with Gasteiger partial charge in [-0.15, -0.1) is 0 Å². The SMILES string of the molecule is CC(=O)NC(C(=O)c1ccccc1)[P+](c1ccccc1)(c1ccccc1)c1ccccc1.[Cl-]. The molecule has 0 saturated carbocycles. The average molecular weight is 474 g/mol. The Morgan fingerprint density at radius 3 is 1.27 bits per heavy atom. The highest BCUT2D eigenvalue weighted by atomic mass is 35.5. The third kappa shape index (κ3) is 4.90. The van der Waals surface area contributed by atoms with Crippen LogP contribution in [-0.4, -0.2) is 17.5 Å². The molecule has 4 rings (SSSR count). The number of Topliss-reactive ketones (excluding diaryl/α,β-unsaturated/α-hetero) is 1. The van der Waals surface area contributed by atoms with Gasteiger partial charge in [0.05, 0.1) is 0 Å². The van der Waals surface area contributed by atoms with Crippen LogP contribution in [0.5, 0.6) is 0 Å². The molecule has 0 aromatic heterocycles. The van der Waals surface area contributed by atoms with E-state index in [1.807, 2.05) is 84.9 Å². The fourth-order valence-electron chi connectivity index (χ4n) is 4.17. The van der Waals surface area contributed by atoms with E-state index in [2.05, 4.69) is 41.7 Å². The van der Waals surface area contributed by atoms with Crippen molar-refractivity contribution < 1.29 is 22.0 Å². The van der Waals surface area contributed by atoms with Crippen LogP contribution < -0.4 is 33.6 Å². The van der Waals surface area contributed by atoms with E-state index in [4.69, 9.17) is 0 Å². The van der Waals surface area contributed by atoms with Gasteiger partial charge in [0.2, 0.25) is 17.5 Å². The van der Waals surface area contributed by atoms with E-state index in [9.17, 15) is 9.59 Å². The van der Waals surface area contributed by atoms with Crippen molar-refractivity contribution in [2.75, 3.05) is 0 Å². The third-order valence-corrected chi connectivity index (χ3v) is 10.0. The second kappa shape index (κ2) is 11.0. The largest absolute Gasteiger partial charge is 1.00 e. The maximum atomic E-state index is 14.1. The predicted molar refractivity (Wildman–Crippen MR) is 134 cm³/mol. The zero-order valence-electron chi connectivity index (χ0n) is 18.3. The van der Waals surface area contributed by atoms with Gasteiger partial charge in [0, 0.05) is 12.5 Å². The summed E-state index contributed by atoms with van der Waals surface area (Å²) in [5.41, 5.74) is 0.582. The van der Waals surface area contributed by atoms with Crippen LogP contribution in [-0.2, 0) is 4.79 Å². The van der Waals surface area contributed by atoms with Gasteiger partial charge in [0.1, 0.15) is 23.2 Å². The Kier molecular flexibility index (Phi) is 8.16. The molecule has 1 atom stereocenters. The Balaban J connectivity index is 0.00000306. The minimum absolute atomic E-state index is 0. The van der Waals surface area contributed by atoms with E-state index in [-0.39, 0.29) is 24.1 Å². The second-order valence-corrected chi connectivity index (χ2v) is 11.1. The highest BCUT2D eigenvalue weighted by molar-refractivity contribution is 7.96. The summed E-state index contributed by atoms with van der Waals surface area (Å²) in [6.07, 6.45) is 0. The molecule has 3 nitrogen and oxygen atoms in total. The van der Waals surface area contributed by atoms with Crippen LogP contribution in [0.25, 0.3) is 0 Å². The number of hydrogen-bond acceptors (Lipinski definition) is 2. The summed E-state index contributed by atoms with van der Waals surface area (Å²) in [5, 5.41) is 6.20. The van der Waals surface area contributed by atoms with Gasteiger partial charge in [-0.2, -0.15) is 0 Å². The smallest absolute Gasteiger partial charge is 0.224 e. The van der Waals surface area contributed by atoms with Crippen molar-refractivity contribution in [3.05, 3.63) is 127 Å². The molecule has 0 aliphatic carbocycles. The molecule has 1 N–H and O–H groups in total. The lowest BCUT2D eigenvalue weighted by molar-refractivity contribution is -0.119. The number of hydrogen-bond donors (Lipinski definition) is 1. The first kappa shape index (κ1) is 24.4. The molecule has 0 spiro atoms. The maximum absolute atomic E-state index is 14.1. The summed E-state index contributed by atoms with van der Waals surface area (Å²) in [4.78, 5) is 26.5. The molecule has 166 valence electrons. The first-order valence-corrected chi connectivity index (χ1v) is 12.4. The number of amides is 1. The van der Waals surface area contributed by atoms with E-state index in [0.29, 0.717) is 5.56 Å². The lowest BCUT2D eigenvalue weighted by Gasteiger charge is -2.34. The molecular weight excluding hydrogens is 449 g/mol. The zero-order valence-corrected chi connectivity index (χ0v) is 19.9. The lowest BCUT2D eigenvalue weighted by Crippen LogP contribution is -3.00. The van der Waals surface area contributed by atoms with Gasteiger partial charge in [-0.25, -0.2) is 0 Å². The van der Waals surface area contributed by atoms with Crippen molar-refractivity contribution in [2.24, 2.45) is 0 Å². The molecule has 0 aliphatic heterocycles. The molecule has 0 radical (unpaired) electrons. The number of ketones is 1. The Morgan fingerprint density at radius 2 is 0.939 bits per heavy atom. The molecular formula is C28H25ClNO2P. The van der Waals surface area contributed by atoms with Crippen molar-refractivity contribution in [1.82, 2.24) is 5.32 Å². The number of carbonyl (C=O) groups is 2. The van der Waals surface area contributed by atoms with Crippen LogP contribution in [0.2, 0.25) is 0 Å². The highest BCUT2D eigenvalue weighted by Crippen LogP contribution is 2.59. The monoisotopic (exact) mass is 473 g/mol. The Bertz CT molecular complexity index is 1090. The number of rotatable bonds is 7. The number of benzene rings is 4. The zero-order chi connectivity index (χ0) is 22.4. The van der Waals surface area contributed by atoms with Crippen LogP contribution >= 0.6 is 7.26 Å². The van der Waals surface area contributed by atoms with Crippen LogP contribution in [0.15, 0.2) is 121 Å². The fraction of sp³-hybridized carbons (Fsp3) is 0.0714. The molecule has 1 amide bonds. The van der Waals surface area contributed by atoms with Gasteiger partial charge in [0.15, 0.2) is 0 Å². The van der Waals surface area contributed by atoms with E-state index in [1.165, 1.54) is 6.92 Å². The van der Waals surface area contributed by atoms with Crippen LogP contribution in [0.1, 0.15) is 17.3 Å². The number of carbonyl (C=O) groups excluding carboxylic acids is 2. The van der Waals surface area contributed by atoms with Crippen LogP contribution in [0.3, 0.4) is 0 Å².